The molecule has 32 heavy (non-hydrogen) atoms. The summed E-state index contributed by atoms with van der Waals surface area (Å²) in [7, 11) is 0. The van der Waals surface area contributed by atoms with Gasteiger partial charge in [0.15, 0.2) is 10.1 Å². The molecule has 0 spiro atoms. The van der Waals surface area contributed by atoms with Gasteiger partial charge in [-0.1, -0.05) is 77.8 Å². The number of esters is 1. The van der Waals surface area contributed by atoms with E-state index in [4.69, 9.17) is 32.7 Å². The number of hydrogen-bond acceptors (Lipinski definition) is 4. The van der Waals surface area contributed by atoms with E-state index in [9.17, 15) is 9.59 Å². The molecular weight excluding hydrogens is 447 g/mol. The summed E-state index contributed by atoms with van der Waals surface area (Å²) in [5.41, 5.74) is 2.14. The first-order chi connectivity index (χ1) is 15.4. The molecule has 164 valence electrons. The van der Waals surface area contributed by atoms with Crippen molar-refractivity contribution < 1.29 is 19.1 Å². The number of halogens is 2. The number of ketones is 1. The molecule has 1 aliphatic rings. The number of alkyl halides is 2. The van der Waals surface area contributed by atoms with E-state index in [-0.39, 0.29) is 12.2 Å². The molecule has 1 fully saturated rings. The lowest BCUT2D eigenvalue weighted by Crippen LogP contribution is -2.61. The molecule has 6 heteroatoms. The number of carbonyl (C=O) groups is 2. The predicted molar refractivity (Wildman–Crippen MR) is 124 cm³/mol. The smallest absolute Gasteiger partial charge is 0.338 e. The summed E-state index contributed by atoms with van der Waals surface area (Å²) in [5, 5.41) is 0. The Morgan fingerprint density at radius 3 is 2.03 bits per heavy atom. The molecule has 0 aromatic heterocycles. The zero-order chi connectivity index (χ0) is 22.8. The Labute approximate surface area is 197 Å². The van der Waals surface area contributed by atoms with E-state index >= 15 is 0 Å². The van der Waals surface area contributed by atoms with Gasteiger partial charge in [-0.05, 0) is 47.9 Å². The van der Waals surface area contributed by atoms with Gasteiger partial charge < -0.3 is 9.47 Å². The van der Waals surface area contributed by atoms with Crippen LogP contribution in [0.3, 0.4) is 0 Å². The molecule has 0 saturated heterocycles. The standard InChI is InChI=1S/C26H22Cl2O4/c1-2-31-24(30)19-8-10-20(11-9-19)25(16-23(29)26(25,27)28)21-12-14-22(15-13-21)32-17-18-6-4-3-5-7-18/h3-15H,2,16-17H2,1H3. The molecule has 0 N–H and O–H groups in total. The lowest BCUT2D eigenvalue weighted by Gasteiger charge is -2.51. The number of rotatable bonds is 7. The van der Waals surface area contributed by atoms with Gasteiger partial charge in [0.05, 0.1) is 17.6 Å². The summed E-state index contributed by atoms with van der Waals surface area (Å²) >= 11 is 13.1. The van der Waals surface area contributed by atoms with Gasteiger partial charge >= 0.3 is 5.97 Å². The minimum Gasteiger partial charge on any atom is -0.489 e. The summed E-state index contributed by atoms with van der Waals surface area (Å²) in [6, 6.07) is 24.2. The van der Waals surface area contributed by atoms with Crippen molar-refractivity contribution in [2.24, 2.45) is 0 Å². The van der Waals surface area contributed by atoms with Crippen molar-refractivity contribution in [3.8, 4) is 5.75 Å². The van der Waals surface area contributed by atoms with Crippen LogP contribution in [0.4, 0.5) is 0 Å². The van der Waals surface area contributed by atoms with Gasteiger partial charge in [-0.15, -0.1) is 0 Å². The summed E-state index contributed by atoms with van der Waals surface area (Å²) in [5.74, 6) is 0.0613. The molecule has 3 aromatic rings. The maximum atomic E-state index is 12.3. The van der Waals surface area contributed by atoms with Crippen molar-refractivity contribution in [1.29, 1.82) is 0 Å². The second kappa shape index (κ2) is 8.97. The van der Waals surface area contributed by atoms with Crippen LogP contribution in [-0.4, -0.2) is 22.7 Å². The van der Waals surface area contributed by atoms with Gasteiger partial charge in [-0.2, -0.15) is 0 Å². The predicted octanol–water partition coefficient (Wildman–Crippen LogP) is 5.88. The van der Waals surface area contributed by atoms with Crippen LogP contribution in [0.15, 0.2) is 78.9 Å². The third kappa shape index (κ3) is 3.89. The first-order valence-electron chi connectivity index (χ1n) is 10.3. The minimum absolute atomic E-state index is 0.170. The first kappa shape index (κ1) is 22.4. The second-order valence-electron chi connectivity index (χ2n) is 7.68. The van der Waals surface area contributed by atoms with Crippen molar-refractivity contribution in [3.05, 3.63) is 101 Å². The molecule has 3 aromatic carbocycles. The lowest BCUT2D eigenvalue weighted by molar-refractivity contribution is -0.128. The fraction of sp³-hybridized carbons (Fsp3) is 0.231. The van der Waals surface area contributed by atoms with E-state index in [0.29, 0.717) is 24.5 Å². The molecule has 1 unspecified atom stereocenters. The average Bonchev–Trinajstić information content (AvgIpc) is 2.82. The Hall–Kier alpha value is -2.82. The van der Waals surface area contributed by atoms with Crippen molar-refractivity contribution in [2.45, 2.75) is 29.7 Å². The number of carbonyl (C=O) groups excluding carboxylic acids is 2. The lowest BCUT2D eigenvalue weighted by atomic mass is 9.59. The fourth-order valence-corrected chi connectivity index (χ4v) is 4.71. The number of ether oxygens (including phenoxy) is 2. The molecule has 0 bridgehead atoms. The Morgan fingerprint density at radius 1 is 0.906 bits per heavy atom. The van der Waals surface area contributed by atoms with Gasteiger partial charge in [0, 0.05) is 6.42 Å². The molecule has 0 radical (unpaired) electrons. The number of benzene rings is 3. The summed E-state index contributed by atoms with van der Waals surface area (Å²) in [6.45, 7) is 2.50. The fourth-order valence-electron chi connectivity index (χ4n) is 4.01. The first-order valence-corrected chi connectivity index (χ1v) is 11.1. The minimum atomic E-state index is -1.61. The van der Waals surface area contributed by atoms with Gasteiger partial charge in [0.2, 0.25) is 0 Å². The van der Waals surface area contributed by atoms with E-state index < -0.39 is 15.7 Å². The monoisotopic (exact) mass is 468 g/mol. The highest BCUT2D eigenvalue weighted by Gasteiger charge is 2.66. The SMILES string of the molecule is CCOC(=O)c1ccc(C2(c3ccc(OCc4ccccc4)cc3)CC(=O)C2(Cl)Cl)cc1. The van der Waals surface area contributed by atoms with Gasteiger partial charge in [-0.3, -0.25) is 4.79 Å². The van der Waals surface area contributed by atoms with E-state index in [1.165, 1.54) is 0 Å². The summed E-state index contributed by atoms with van der Waals surface area (Å²) in [6.07, 6.45) is 0.170. The van der Waals surface area contributed by atoms with Crippen LogP contribution in [0.5, 0.6) is 5.75 Å². The molecule has 1 aliphatic carbocycles. The third-order valence-corrected chi connectivity index (χ3v) is 6.86. The molecule has 0 heterocycles. The topological polar surface area (TPSA) is 52.6 Å². The highest BCUT2D eigenvalue weighted by molar-refractivity contribution is 6.62. The van der Waals surface area contributed by atoms with Crippen LogP contribution < -0.4 is 4.74 Å². The number of hydrogen-bond donors (Lipinski definition) is 0. The highest BCUT2D eigenvalue weighted by Crippen LogP contribution is 2.59. The van der Waals surface area contributed by atoms with Crippen LogP contribution in [-0.2, 0) is 21.6 Å². The molecule has 4 nitrogen and oxygen atoms in total. The van der Waals surface area contributed by atoms with E-state index in [0.717, 1.165) is 16.7 Å². The van der Waals surface area contributed by atoms with Crippen molar-refractivity contribution in [3.63, 3.8) is 0 Å². The van der Waals surface area contributed by atoms with Crippen molar-refractivity contribution >= 4 is 35.0 Å². The Bertz CT molecular complexity index is 1110. The van der Waals surface area contributed by atoms with Gasteiger partial charge in [-0.25, -0.2) is 4.79 Å². The summed E-state index contributed by atoms with van der Waals surface area (Å²) < 4.78 is 9.31. The van der Waals surface area contributed by atoms with Crippen LogP contribution >= 0.6 is 23.2 Å². The quantitative estimate of drug-likeness (QED) is 0.321. The van der Waals surface area contributed by atoms with E-state index in [2.05, 4.69) is 0 Å². The van der Waals surface area contributed by atoms with Crippen LogP contribution in [0.1, 0.15) is 40.4 Å². The van der Waals surface area contributed by atoms with Gasteiger partial charge in [0.25, 0.3) is 0 Å². The maximum absolute atomic E-state index is 12.3. The van der Waals surface area contributed by atoms with E-state index in [1.54, 1.807) is 31.2 Å². The Balaban J connectivity index is 1.61. The zero-order valence-electron chi connectivity index (χ0n) is 17.5. The summed E-state index contributed by atoms with van der Waals surface area (Å²) in [4.78, 5) is 24.3. The largest absolute Gasteiger partial charge is 0.489 e. The zero-order valence-corrected chi connectivity index (χ0v) is 19.0. The van der Waals surface area contributed by atoms with Crippen molar-refractivity contribution in [2.75, 3.05) is 6.61 Å². The van der Waals surface area contributed by atoms with E-state index in [1.807, 2.05) is 54.6 Å². The molecule has 0 aliphatic heterocycles. The molecule has 1 atom stereocenters. The average molecular weight is 469 g/mol. The van der Waals surface area contributed by atoms with Crippen LogP contribution in [0.2, 0.25) is 0 Å². The van der Waals surface area contributed by atoms with Crippen LogP contribution in [0.25, 0.3) is 0 Å². The third-order valence-electron chi connectivity index (χ3n) is 5.80. The normalized spacial score (nSPS) is 19.2. The molecular formula is C26H22Cl2O4. The molecule has 0 amide bonds. The Morgan fingerprint density at radius 2 is 1.50 bits per heavy atom. The molecule has 4 rings (SSSR count). The maximum Gasteiger partial charge on any atom is 0.338 e. The van der Waals surface area contributed by atoms with Gasteiger partial charge in [0.1, 0.15) is 12.4 Å². The number of Topliss-reactive ketones (excluding diaryl/α,β-unsaturated/α-hetero) is 1. The van der Waals surface area contributed by atoms with Crippen LogP contribution in [0, 0.1) is 0 Å². The Kier molecular flexibility index (Phi) is 6.27. The molecule has 1 saturated carbocycles. The van der Waals surface area contributed by atoms with Crippen molar-refractivity contribution in [1.82, 2.24) is 0 Å². The highest BCUT2D eigenvalue weighted by atomic mass is 35.5. The second-order valence-corrected chi connectivity index (χ2v) is 9.00.